The lowest BCUT2D eigenvalue weighted by Crippen LogP contribution is -2.65. The van der Waals surface area contributed by atoms with Gasteiger partial charge in [0.15, 0.2) is 24.8 Å². The molecule has 0 aromatic heterocycles. The Morgan fingerprint density at radius 1 is 0.754 bits per heavy atom. The van der Waals surface area contributed by atoms with Crippen LogP contribution in [0.5, 0.6) is 0 Å². The number of carbonyl (C=O) groups is 2. The summed E-state index contributed by atoms with van der Waals surface area (Å²) in [6.07, 6.45) is -7.80. The fraction of sp³-hybridized carbons (Fsp3) is 0.956. The summed E-state index contributed by atoms with van der Waals surface area (Å²) < 4.78 is 43.6. The molecule has 0 bridgehead atoms. The lowest BCUT2D eigenvalue weighted by atomic mass is 9.41. The molecule has 0 radical (unpaired) electrons. The van der Waals surface area contributed by atoms with Crippen LogP contribution in [-0.4, -0.2) is 152 Å². The highest BCUT2D eigenvalue weighted by atomic mass is 16.7. The molecule has 16 heteroatoms. The minimum Gasteiger partial charge on any atom is -0.455 e. The van der Waals surface area contributed by atoms with E-state index in [-0.39, 0.29) is 52.1 Å². The summed E-state index contributed by atoms with van der Waals surface area (Å²) in [4.78, 5) is 24.5. The van der Waals surface area contributed by atoms with Gasteiger partial charge in [0.1, 0.15) is 30.5 Å². The van der Waals surface area contributed by atoms with Crippen LogP contribution in [0, 0.1) is 44.8 Å². The van der Waals surface area contributed by atoms with Gasteiger partial charge in [-0.2, -0.15) is 0 Å². The zero-order valence-corrected chi connectivity index (χ0v) is 37.3. The number of aliphatic hydroxyl groups excluding tert-OH is 6. The Kier molecular flexibility index (Phi) is 11.5. The zero-order chi connectivity index (χ0) is 44.6. The molecule has 61 heavy (non-hydrogen) atoms. The largest absolute Gasteiger partial charge is 0.455 e. The predicted octanol–water partition coefficient (Wildman–Crippen LogP) is 1.87. The van der Waals surface area contributed by atoms with Gasteiger partial charge < -0.3 is 68.9 Å². The maximum Gasteiger partial charge on any atom is 0.303 e. The molecule has 5 saturated carbocycles. The van der Waals surface area contributed by atoms with E-state index in [1.807, 2.05) is 0 Å². The van der Waals surface area contributed by atoms with Gasteiger partial charge in [0.25, 0.3) is 0 Å². The smallest absolute Gasteiger partial charge is 0.303 e. The highest BCUT2D eigenvalue weighted by Crippen LogP contribution is 2.89. The molecule has 5 aliphatic carbocycles. The minimum absolute atomic E-state index is 0.0638. The summed E-state index contributed by atoms with van der Waals surface area (Å²) >= 11 is 0. The van der Waals surface area contributed by atoms with Gasteiger partial charge in [0.05, 0.1) is 48.8 Å². The number of rotatable bonds is 9. The first-order valence-electron chi connectivity index (χ1n) is 22.6. The third-order valence-electron chi connectivity index (χ3n) is 18.2. The SMILES string of the molecule is CC(=O)O[C@@H]1[C@H](O[C@@H]2CC[C@]34C[C@]35CC[C@@]3(C)[C@H]([C@]6(C)CC[C@@H](C(C)(C)O)O6)[C@@H](O)C[C@@]3(C)[C@@H]5C[C@@H](O[C@H]3O[C@H](CO)[C@H](O)[C@H](O)[C@@H]3O)[C@@H]4C2(C)C)OC[C@@H](O)[C@@H]1OC(C)=O. The molecular weight excluding hydrogens is 796 g/mol. The van der Waals surface area contributed by atoms with Crippen molar-refractivity contribution in [1.82, 2.24) is 0 Å². The number of esters is 2. The second-order valence-corrected chi connectivity index (χ2v) is 22.2. The van der Waals surface area contributed by atoms with Crippen LogP contribution in [0.4, 0.5) is 0 Å². The van der Waals surface area contributed by atoms with Crippen LogP contribution in [0.3, 0.4) is 0 Å². The van der Waals surface area contributed by atoms with E-state index in [1.54, 1.807) is 13.8 Å². The summed E-state index contributed by atoms with van der Waals surface area (Å²) in [5.41, 5.74) is -3.46. The lowest BCUT2D eigenvalue weighted by Gasteiger charge is -2.65. The van der Waals surface area contributed by atoms with Crippen LogP contribution >= 0.6 is 0 Å². The summed E-state index contributed by atoms with van der Waals surface area (Å²) in [5, 5.41) is 77.1. The van der Waals surface area contributed by atoms with Crippen molar-refractivity contribution in [3.8, 4) is 0 Å². The van der Waals surface area contributed by atoms with Crippen molar-refractivity contribution in [1.29, 1.82) is 0 Å². The molecule has 7 N–H and O–H groups in total. The highest BCUT2D eigenvalue weighted by Gasteiger charge is 2.85. The Morgan fingerprint density at radius 2 is 1.43 bits per heavy atom. The first kappa shape index (κ1) is 46.0. The summed E-state index contributed by atoms with van der Waals surface area (Å²) in [5.74, 6) is -1.67. The molecule has 3 aliphatic heterocycles. The average Bonchev–Trinajstić information content (AvgIpc) is 3.52. The Hall–Kier alpha value is -1.54. The fourth-order valence-electron chi connectivity index (χ4n) is 15.5. The van der Waals surface area contributed by atoms with Gasteiger partial charge in [-0.05, 0) is 117 Å². The van der Waals surface area contributed by atoms with Gasteiger partial charge in [-0.25, -0.2) is 0 Å². The Labute approximate surface area is 358 Å². The van der Waals surface area contributed by atoms with E-state index >= 15 is 0 Å². The van der Waals surface area contributed by atoms with Crippen LogP contribution < -0.4 is 0 Å². The molecule has 3 heterocycles. The monoisotopic (exact) mass is 868 g/mol. The zero-order valence-electron chi connectivity index (χ0n) is 37.3. The summed E-state index contributed by atoms with van der Waals surface area (Å²) in [6, 6.07) is 0. The first-order valence-corrected chi connectivity index (χ1v) is 22.6. The van der Waals surface area contributed by atoms with E-state index in [0.29, 0.717) is 25.7 Å². The average molecular weight is 869 g/mol. The van der Waals surface area contributed by atoms with Gasteiger partial charge in [0.2, 0.25) is 0 Å². The van der Waals surface area contributed by atoms with E-state index in [0.717, 1.165) is 32.1 Å². The number of aliphatic hydroxyl groups is 7. The van der Waals surface area contributed by atoms with E-state index in [9.17, 15) is 45.3 Å². The molecule has 0 unspecified atom stereocenters. The molecule has 21 atom stereocenters. The Morgan fingerprint density at radius 3 is 2.05 bits per heavy atom. The number of hydrogen-bond donors (Lipinski definition) is 7. The first-order chi connectivity index (χ1) is 28.3. The van der Waals surface area contributed by atoms with Crippen molar-refractivity contribution in [2.24, 2.45) is 44.8 Å². The van der Waals surface area contributed by atoms with Gasteiger partial charge in [-0.1, -0.05) is 27.7 Å². The van der Waals surface area contributed by atoms with Crippen LogP contribution in [-0.2, 0) is 42.7 Å². The molecule has 8 aliphatic rings. The molecule has 0 aromatic carbocycles. The maximum absolute atomic E-state index is 12.4. The van der Waals surface area contributed by atoms with Gasteiger partial charge in [-0.3, -0.25) is 9.59 Å². The minimum atomic E-state index is -1.63. The van der Waals surface area contributed by atoms with Crippen molar-refractivity contribution < 1.29 is 78.5 Å². The predicted molar refractivity (Wildman–Crippen MR) is 213 cm³/mol. The number of hydrogen-bond acceptors (Lipinski definition) is 16. The third kappa shape index (κ3) is 6.89. The van der Waals surface area contributed by atoms with Crippen molar-refractivity contribution in [2.45, 2.75) is 211 Å². The highest BCUT2D eigenvalue weighted by molar-refractivity contribution is 5.67. The lowest BCUT2D eigenvalue weighted by molar-refractivity contribution is -0.339. The van der Waals surface area contributed by atoms with Crippen molar-refractivity contribution in [3.05, 3.63) is 0 Å². The molecular formula is C45H72O16. The molecule has 8 fully saturated rings. The van der Waals surface area contributed by atoms with Crippen molar-refractivity contribution in [3.63, 3.8) is 0 Å². The second-order valence-electron chi connectivity index (χ2n) is 22.2. The van der Waals surface area contributed by atoms with Gasteiger partial charge in [0, 0.05) is 19.8 Å². The van der Waals surface area contributed by atoms with E-state index in [2.05, 4.69) is 34.6 Å². The van der Waals surface area contributed by atoms with Crippen LogP contribution in [0.15, 0.2) is 0 Å². The molecule has 0 aromatic rings. The quantitative estimate of drug-likeness (QED) is 0.129. The second kappa shape index (κ2) is 15.3. The summed E-state index contributed by atoms with van der Waals surface area (Å²) in [6.45, 7) is 16.1. The Bertz CT molecular complexity index is 1680. The van der Waals surface area contributed by atoms with E-state index in [1.165, 1.54) is 13.8 Å². The number of fused-ring (bicyclic) bond motifs is 2. The van der Waals surface area contributed by atoms with E-state index < -0.39 is 109 Å². The molecule has 8 rings (SSSR count). The molecule has 348 valence electrons. The normalized spacial score (nSPS) is 53.8. The van der Waals surface area contributed by atoms with Gasteiger partial charge >= 0.3 is 11.9 Å². The Balaban J connectivity index is 1.15. The number of carbonyl (C=O) groups excluding carboxylic acids is 2. The summed E-state index contributed by atoms with van der Waals surface area (Å²) in [7, 11) is 0. The maximum atomic E-state index is 12.4. The number of ether oxygens (including phenoxy) is 7. The van der Waals surface area contributed by atoms with Crippen LogP contribution in [0.25, 0.3) is 0 Å². The van der Waals surface area contributed by atoms with Crippen LogP contribution in [0.1, 0.15) is 120 Å². The van der Waals surface area contributed by atoms with E-state index in [4.69, 9.17) is 33.2 Å². The third-order valence-corrected chi connectivity index (χ3v) is 18.2. The molecule has 2 spiro atoms. The molecule has 0 amide bonds. The van der Waals surface area contributed by atoms with Gasteiger partial charge in [-0.15, -0.1) is 0 Å². The molecule has 3 saturated heterocycles. The van der Waals surface area contributed by atoms with Crippen molar-refractivity contribution in [2.75, 3.05) is 13.2 Å². The van der Waals surface area contributed by atoms with Crippen molar-refractivity contribution >= 4 is 11.9 Å². The topological polar surface area (TPSA) is 240 Å². The standard InChI is InChI=1S/C45H72O16/c1-21(47)56-33-24(50)19-55-38(34(33)57-22(2)48)60-28-11-13-45-20-44(45)15-14-41(7)35(43(9)12-10-29(61-43)40(5,6)54)23(49)17-42(41,8)27(44)16-25(36(45)39(28,3)4)58-37-32(53)31(52)30(51)26(18-46)59-37/h23-38,46,49-54H,10-20H2,1-9H3/t23-,24+,25+,26+,27-,28+,29-,30-,31-,32-,33-,34-,35+,36+,37-,38-,41-,42-,43-,44-,45+/m0/s1. The van der Waals surface area contributed by atoms with Crippen LogP contribution in [0.2, 0.25) is 0 Å². The molecule has 16 nitrogen and oxygen atoms in total. The fourth-order valence-corrected chi connectivity index (χ4v) is 15.5.